The molecule has 0 atom stereocenters. The van der Waals surface area contributed by atoms with Gasteiger partial charge in [0.1, 0.15) is 5.82 Å². The number of aryl methyl sites for hydroxylation is 1. The topological polar surface area (TPSA) is 69.1 Å². The van der Waals surface area contributed by atoms with Crippen LogP contribution in [0.1, 0.15) is 12.7 Å². The van der Waals surface area contributed by atoms with Crippen LogP contribution in [0, 0.1) is 0 Å². The minimum atomic E-state index is 0.432. The summed E-state index contributed by atoms with van der Waals surface area (Å²) >= 11 is 6.00. The van der Waals surface area contributed by atoms with Crippen LogP contribution < -0.4 is 0 Å². The van der Waals surface area contributed by atoms with Crippen molar-refractivity contribution in [1.29, 1.82) is 0 Å². The Labute approximate surface area is 136 Å². The van der Waals surface area contributed by atoms with Crippen LogP contribution in [-0.4, -0.2) is 24.7 Å². The molecule has 0 saturated heterocycles. The van der Waals surface area contributed by atoms with Crippen molar-refractivity contribution in [3.63, 3.8) is 0 Å². The zero-order valence-electron chi connectivity index (χ0n) is 12.3. The minimum absolute atomic E-state index is 0.432. The van der Waals surface area contributed by atoms with Crippen molar-refractivity contribution >= 4 is 17.2 Å². The molecular formula is C16H12ClN5O. The van der Waals surface area contributed by atoms with Crippen LogP contribution in [0.5, 0.6) is 0 Å². The molecule has 0 radical (unpaired) electrons. The summed E-state index contributed by atoms with van der Waals surface area (Å²) in [6.07, 6.45) is 2.71. The molecule has 0 aliphatic carbocycles. The molecule has 0 unspecified atom stereocenters. The number of hydrogen-bond donors (Lipinski definition) is 0. The predicted molar refractivity (Wildman–Crippen MR) is 86.1 cm³/mol. The van der Waals surface area contributed by atoms with Crippen molar-refractivity contribution < 1.29 is 4.52 Å². The highest BCUT2D eigenvalue weighted by Crippen LogP contribution is 2.24. The number of nitrogens with zero attached hydrogens (tertiary/aromatic N) is 5. The SMILES string of the molecule is CCc1nnc2ccc(-c3noc(-c4cccc(Cl)c4)n3)cn12. The Hall–Kier alpha value is -2.73. The van der Waals surface area contributed by atoms with E-state index < -0.39 is 0 Å². The molecule has 3 aromatic heterocycles. The molecule has 0 bridgehead atoms. The number of fused-ring (bicyclic) bond motifs is 1. The summed E-state index contributed by atoms with van der Waals surface area (Å²) in [5.74, 6) is 1.83. The first-order chi connectivity index (χ1) is 11.2. The van der Waals surface area contributed by atoms with E-state index in [9.17, 15) is 0 Å². The fourth-order valence-corrected chi connectivity index (χ4v) is 2.58. The Morgan fingerprint density at radius 3 is 2.87 bits per heavy atom. The summed E-state index contributed by atoms with van der Waals surface area (Å²) in [7, 11) is 0. The first-order valence-corrected chi connectivity index (χ1v) is 7.56. The van der Waals surface area contributed by atoms with Crippen LogP contribution in [-0.2, 0) is 6.42 Å². The number of rotatable bonds is 3. The molecule has 0 amide bonds. The lowest BCUT2D eigenvalue weighted by molar-refractivity contribution is 0.432. The van der Waals surface area contributed by atoms with Gasteiger partial charge in [-0.05, 0) is 30.3 Å². The minimum Gasteiger partial charge on any atom is -0.334 e. The molecule has 0 saturated carbocycles. The monoisotopic (exact) mass is 325 g/mol. The van der Waals surface area contributed by atoms with Crippen molar-refractivity contribution in [2.24, 2.45) is 0 Å². The van der Waals surface area contributed by atoms with Crippen LogP contribution in [0.15, 0.2) is 47.1 Å². The zero-order chi connectivity index (χ0) is 15.8. The summed E-state index contributed by atoms with van der Waals surface area (Å²) in [6, 6.07) is 11.1. The Kier molecular flexibility index (Phi) is 3.31. The van der Waals surface area contributed by atoms with Crippen molar-refractivity contribution in [2.45, 2.75) is 13.3 Å². The van der Waals surface area contributed by atoms with Crippen LogP contribution in [0.25, 0.3) is 28.5 Å². The van der Waals surface area contributed by atoms with E-state index in [-0.39, 0.29) is 0 Å². The molecule has 0 aliphatic heterocycles. The first kappa shape index (κ1) is 13.9. The average molecular weight is 326 g/mol. The molecule has 6 nitrogen and oxygen atoms in total. The number of hydrogen-bond acceptors (Lipinski definition) is 5. The Balaban J connectivity index is 1.76. The third-order valence-electron chi connectivity index (χ3n) is 3.54. The van der Waals surface area contributed by atoms with Gasteiger partial charge in [0.15, 0.2) is 5.65 Å². The van der Waals surface area contributed by atoms with E-state index in [2.05, 4.69) is 20.3 Å². The van der Waals surface area contributed by atoms with Crippen LogP contribution in [0.4, 0.5) is 0 Å². The zero-order valence-corrected chi connectivity index (χ0v) is 13.0. The predicted octanol–water partition coefficient (Wildman–Crippen LogP) is 3.66. The second kappa shape index (κ2) is 5.48. The van der Waals surface area contributed by atoms with E-state index >= 15 is 0 Å². The molecule has 0 aliphatic rings. The lowest BCUT2D eigenvalue weighted by atomic mass is 10.2. The van der Waals surface area contributed by atoms with E-state index in [1.54, 1.807) is 12.1 Å². The second-order valence-corrected chi connectivity index (χ2v) is 5.49. The molecule has 0 spiro atoms. The van der Waals surface area contributed by atoms with Gasteiger partial charge in [-0.2, -0.15) is 4.98 Å². The van der Waals surface area contributed by atoms with Crippen molar-refractivity contribution in [1.82, 2.24) is 24.7 Å². The van der Waals surface area contributed by atoms with E-state index in [1.165, 1.54) is 0 Å². The Morgan fingerprint density at radius 1 is 1.13 bits per heavy atom. The third kappa shape index (κ3) is 2.47. The van der Waals surface area contributed by atoms with Gasteiger partial charge in [0.2, 0.25) is 5.82 Å². The highest BCUT2D eigenvalue weighted by atomic mass is 35.5. The Morgan fingerprint density at radius 2 is 2.04 bits per heavy atom. The molecule has 3 heterocycles. The number of pyridine rings is 1. The van der Waals surface area contributed by atoms with Crippen molar-refractivity contribution in [2.75, 3.05) is 0 Å². The highest BCUT2D eigenvalue weighted by molar-refractivity contribution is 6.30. The molecule has 0 N–H and O–H groups in total. The fraction of sp³-hybridized carbons (Fsp3) is 0.125. The highest BCUT2D eigenvalue weighted by Gasteiger charge is 2.12. The second-order valence-electron chi connectivity index (χ2n) is 5.05. The number of aromatic nitrogens is 5. The standard InChI is InChI=1S/C16H12ClN5O/c1-2-13-19-20-14-7-6-11(9-22(13)14)15-18-16(23-21-15)10-4-3-5-12(17)8-10/h3-9H,2H2,1H3. The normalized spacial score (nSPS) is 11.2. The van der Waals surface area contributed by atoms with Gasteiger partial charge in [0, 0.05) is 28.8 Å². The molecule has 0 fully saturated rings. The largest absolute Gasteiger partial charge is 0.334 e. The van der Waals surface area contributed by atoms with Gasteiger partial charge in [0.25, 0.3) is 5.89 Å². The molecule has 1 aromatic carbocycles. The smallest absolute Gasteiger partial charge is 0.258 e. The maximum Gasteiger partial charge on any atom is 0.258 e. The van der Waals surface area contributed by atoms with Gasteiger partial charge >= 0.3 is 0 Å². The lowest BCUT2D eigenvalue weighted by Gasteiger charge is -1.99. The lowest BCUT2D eigenvalue weighted by Crippen LogP contribution is -1.93. The van der Waals surface area contributed by atoms with E-state index in [1.807, 2.05) is 41.8 Å². The van der Waals surface area contributed by atoms with Crippen molar-refractivity contribution in [3.8, 4) is 22.8 Å². The Bertz CT molecular complexity index is 991. The maximum absolute atomic E-state index is 6.00. The summed E-state index contributed by atoms with van der Waals surface area (Å²) in [6.45, 7) is 2.04. The third-order valence-corrected chi connectivity index (χ3v) is 3.78. The van der Waals surface area contributed by atoms with Crippen LogP contribution >= 0.6 is 11.6 Å². The van der Waals surface area contributed by atoms with Gasteiger partial charge in [0.05, 0.1) is 0 Å². The van der Waals surface area contributed by atoms with Gasteiger partial charge in [-0.25, -0.2) is 0 Å². The van der Waals surface area contributed by atoms with Gasteiger partial charge in [-0.3, -0.25) is 4.40 Å². The maximum atomic E-state index is 6.00. The number of benzene rings is 1. The van der Waals surface area contributed by atoms with Gasteiger partial charge < -0.3 is 4.52 Å². The van der Waals surface area contributed by atoms with Crippen LogP contribution in [0.2, 0.25) is 5.02 Å². The quantitative estimate of drug-likeness (QED) is 0.575. The summed E-state index contributed by atoms with van der Waals surface area (Å²) in [5.41, 5.74) is 2.42. The van der Waals surface area contributed by atoms with Gasteiger partial charge in [-0.15, -0.1) is 10.2 Å². The summed E-state index contributed by atoms with van der Waals surface area (Å²) in [4.78, 5) is 4.45. The molecule has 23 heavy (non-hydrogen) atoms. The van der Waals surface area contributed by atoms with Crippen molar-refractivity contribution in [3.05, 3.63) is 53.4 Å². The van der Waals surface area contributed by atoms with Gasteiger partial charge in [-0.1, -0.05) is 29.7 Å². The molecule has 7 heteroatoms. The molecule has 4 aromatic rings. The first-order valence-electron chi connectivity index (χ1n) is 7.18. The van der Waals surface area contributed by atoms with E-state index in [0.29, 0.717) is 16.7 Å². The average Bonchev–Trinajstić information content (AvgIpc) is 3.21. The summed E-state index contributed by atoms with van der Waals surface area (Å²) < 4.78 is 7.29. The molecule has 4 rings (SSSR count). The number of halogens is 1. The van der Waals surface area contributed by atoms with Crippen LogP contribution in [0.3, 0.4) is 0 Å². The summed E-state index contributed by atoms with van der Waals surface area (Å²) in [5, 5.41) is 12.9. The molecule has 114 valence electrons. The molecular weight excluding hydrogens is 314 g/mol. The fourth-order valence-electron chi connectivity index (χ4n) is 2.39. The van der Waals surface area contributed by atoms with E-state index in [4.69, 9.17) is 16.1 Å². The van der Waals surface area contributed by atoms with E-state index in [0.717, 1.165) is 29.0 Å².